The van der Waals surface area contributed by atoms with E-state index in [9.17, 15) is 4.79 Å². The first-order chi connectivity index (χ1) is 13.2. The quantitative estimate of drug-likeness (QED) is 0.667. The van der Waals surface area contributed by atoms with Gasteiger partial charge in [0.1, 0.15) is 0 Å². The molecule has 5 heteroatoms. The first kappa shape index (κ1) is 19.1. The van der Waals surface area contributed by atoms with Crippen molar-refractivity contribution in [3.8, 4) is 0 Å². The van der Waals surface area contributed by atoms with Gasteiger partial charge in [-0.2, -0.15) is 0 Å². The van der Waals surface area contributed by atoms with Crippen LogP contribution in [0.25, 0.3) is 10.8 Å². The number of rotatable bonds is 4. The number of benzene rings is 2. The summed E-state index contributed by atoms with van der Waals surface area (Å²) in [6.45, 7) is 3.79. The lowest BCUT2D eigenvalue weighted by atomic mass is 9.94. The van der Waals surface area contributed by atoms with Crippen molar-refractivity contribution < 1.29 is 4.79 Å². The molecule has 0 N–H and O–H groups in total. The van der Waals surface area contributed by atoms with Crippen molar-refractivity contribution in [1.82, 2.24) is 9.80 Å². The van der Waals surface area contributed by atoms with Gasteiger partial charge in [-0.15, -0.1) is 11.8 Å². The Bertz CT molecular complexity index is 793. The normalized spacial score (nSPS) is 19.5. The summed E-state index contributed by atoms with van der Waals surface area (Å²) in [4.78, 5) is 18.5. The maximum Gasteiger partial charge on any atom is 0.233 e. The Morgan fingerprint density at radius 2 is 1.70 bits per heavy atom. The molecule has 1 saturated carbocycles. The molecule has 2 fully saturated rings. The zero-order chi connectivity index (χ0) is 18.6. The lowest BCUT2D eigenvalue weighted by Gasteiger charge is -2.40. The molecule has 1 amide bonds. The summed E-state index contributed by atoms with van der Waals surface area (Å²) in [5, 5.41) is 2.94. The van der Waals surface area contributed by atoms with E-state index in [-0.39, 0.29) is 5.91 Å². The van der Waals surface area contributed by atoms with Crippen molar-refractivity contribution in [2.24, 2.45) is 0 Å². The third kappa shape index (κ3) is 4.44. The van der Waals surface area contributed by atoms with Gasteiger partial charge < -0.3 is 4.90 Å². The highest BCUT2D eigenvalue weighted by molar-refractivity contribution is 8.00. The number of hydrogen-bond donors (Lipinski definition) is 0. The summed E-state index contributed by atoms with van der Waals surface area (Å²) in [7, 11) is 0. The van der Waals surface area contributed by atoms with Crippen LogP contribution in [-0.4, -0.2) is 53.7 Å². The van der Waals surface area contributed by atoms with E-state index in [1.807, 2.05) is 23.1 Å². The number of carbonyl (C=O) groups excluding carboxylic acids is 1. The molecule has 0 atom stereocenters. The molecule has 3 nitrogen and oxygen atoms in total. The topological polar surface area (TPSA) is 23.6 Å². The van der Waals surface area contributed by atoms with Crippen LogP contribution < -0.4 is 0 Å². The van der Waals surface area contributed by atoms with Crippen LogP contribution in [0.2, 0.25) is 5.02 Å². The second-order valence-electron chi connectivity index (χ2n) is 7.59. The van der Waals surface area contributed by atoms with Crippen LogP contribution in [0.3, 0.4) is 0 Å². The predicted molar refractivity (Wildman–Crippen MR) is 115 cm³/mol. The predicted octanol–water partition coefficient (Wildman–Crippen LogP) is 5.06. The van der Waals surface area contributed by atoms with Crippen LogP contribution >= 0.6 is 23.4 Å². The smallest absolute Gasteiger partial charge is 0.233 e. The highest BCUT2D eigenvalue weighted by atomic mass is 35.5. The van der Waals surface area contributed by atoms with E-state index in [4.69, 9.17) is 11.6 Å². The molecule has 2 aromatic rings. The second kappa shape index (κ2) is 8.85. The van der Waals surface area contributed by atoms with Crippen molar-refractivity contribution in [2.45, 2.75) is 43.0 Å². The molecule has 27 heavy (non-hydrogen) atoms. The number of thioether (sulfide) groups is 1. The Kier molecular flexibility index (Phi) is 6.26. The first-order valence-corrected chi connectivity index (χ1v) is 11.4. The van der Waals surface area contributed by atoms with Crippen LogP contribution in [0.15, 0.2) is 41.3 Å². The Labute approximate surface area is 171 Å². The highest BCUT2D eigenvalue weighted by Crippen LogP contribution is 2.33. The fraction of sp³-hybridized carbons (Fsp3) is 0.500. The third-order valence-electron chi connectivity index (χ3n) is 5.92. The van der Waals surface area contributed by atoms with E-state index in [1.54, 1.807) is 11.8 Å². The molecule has 1 aliphatic carbocycles. The minimum Gasteiger partial charge on any atom is -0.339 e. The van der Waals surface area contributed by atoms with E-state index in [2.05, 4.69) is 23.1 Å². The molecule has 1 aliphatic heterocycles. The van der Waals surface area contributed by atoms with Crippen molar-refractivity contribution >= 4 is 40.0 Å². The second-order valence-corrected chi connectivity index (χ2v) is 9.02. The number of piperazine rings is 1. The monoisotopic (exact) mass is 402 g/mol. The van der Waals surface area contributed by atoms with Gasteiger partial charge in [0.15, 0.2) is 0 Å². The molecule has 1 saturated heterocycles. The lowest BCUT2D eigenvalue weighted by molar-refractivity contribution is -0.130. The molecule has 0 unspecified atom stereocenters. The number of nitrogens with zero attached hydrogens (tertiary/aromatic N) is 2. The summed E-state index contributed by atoms with van der Waals surface area (Å²) >= 11 is 8.01. The van der Waals surface area contributed by atoms with Crippen LogP contribution in [0.1, 0.15) is 32.1 Å². The molecule has 1 heterocycles. The minimum absolute atomic E-state index is 0.243. The molecule has 0 radical (unpaired) electrons. The molecular formula is C22H27ClN2OS. The minimum atomic E-state index is 0.243. The van der Waals surface area contributed by atoms with Gasteiger partial charge in [-0.1, -0.05) is 55.1 Å². The highest BCUT2D eigenvalue weighted by Gasteiger charge is 2.27. The van der Waals surface area contributed by atoms with Gasteiger partial charge in [-0.05, 0) is 30.4 Å². The van der Waals surface area contributed by atoms with Gasteiger partial charge in [-0.3, -0.25) is 9.69 Å². The maximum atomic E-state index is 12.7. The lowest BCUT2D eigenvalue weighted by Crippen LogP contribution is -2.52. The SMILES string of the molecule is O=C(CSc1cccc2cccc(Cl)c12)N1CCN(C2CCCCC2)CC1. The number of amides is 1. The van der Waals surface area contributed by atoms with Crippen LogP contribution in [-0.2, 0) is 4.79 Å². The average molecular weight is 403 g/mol. The summed E-state index contributed by atoms with van der Waals surface area (Å²) in [5.41, 5.74) is 0. The number of halogens is 1. The molecular weight excluding hydrogens is 376 g/mol. The van der Waals surface area contributed by atoms with E-state index in [0.717, 1.165) is 52.9 Å². The maximum absolute atomic E-state index is 12.7. The standard InChI is InChI=1S/C22H27ClN2OS/c23-19-10-4-6-17-7-5-11-20(22(17)19)27-16-21(26)25-14-12-24(13-15-25)18-8-2-1-3-9-18/h4-7,10-11,18H,1-3,8-9,12-16H2. The largest absolute Gasteiger partial charge is 0.339 e. The fourth-order valence-electron chi connectivity index (χ4n) is 4.40. The van der Waals surface area contributed by atoms with E-state index in [1.165, 1.54) is 32.1 Å². The van der Waals surface area contributed by atoms with Gasteiger partial charge in [0.2, 0.25) is 5.91 Å². The molecule has 144 valence electrons. The first-order valence-electron chi connectivity index (χ1n) is 10.0. The summed E-state index contributed by atoms with van der Waals surface area (Å²) in [5.74, 6) is 0.723. The van der Waals surface area contributed by atoms with E-state index >= 15 is 0 Å². The number of carbonyl (C=O) groups is 1. The van der Waals surface area contributed by atoms with Gasteiger partial charge in [0.05, 0.1) is 5.75 Å². The van der Waals surface area contributed by atoms with E-state index in [0.29, 0.717) is 5.75 Å². The van der Waals surface area contributed by atoms with Gasteiger partial charge >= 0.3 is 0 Å². The molecule has 2 aliphatic rings. The number of hydrogen-bond acceptors (Lipinski definition) is 3. The van der Waals surface area contributed by atoms with Crippen molar-refractivity contribution in [3.05, 3.63) is 41.4 Å². The number of fused-ring (bicyclic) bond motifs is 1. The van der Waals surface area contributed by atoms with Gasteiger partial charge in [-0.25, -0.2) is 0 Å². The third-order valence-corrected chi connectivity index (χ3v) is 7.28. The van der Waals surface area contributed by atoms with Crippen molar-refractivity contribution in [1.29, 1.82) is 0 Å². The van der Waals surface area contributed by atoms with Crippen LogP contribution in [0, 0.1) is 0 Å². The molecule has 2 aromatic carbocycles. The summed E-state index contributed by atoms with van der Waals surface area (Å²) < 4.78 is 0. The fourth-order valence-corrected chi connectivity index (χ4v) is 5.74. The van der Waals surface area contributed by atoms with E-state index < -0.39 is 0 Å². The molecule has 0 aromatic heterocycles. The zero-order valence-electron chi connectivity index (χ0n) is 15.7. The van der Waals surface area contributed by atoms with Gasteiger partial charge in [0.25, 0.3) is 0 Å². The Morgan fingerprint density at radius 3 is 2.44 bits per heavy atom. The zero-order valence-corrected chi connectivity index (χ0v) is 17.3. The Balaban J connectivity index is 1.33. The Hall–Kier alpha value is -1.23. The summed E-state index contributed by atoms with van der Waals surface area (Å²) in [6.07, 6.45) is 6.81. The van der Waals surface area contributed by atoms with Crippen molar-refractivity contribution in [3.63, 3.8) is 0 Å². The molecule has 0 bridgehead atoms. The molecule has 0 spiro atoms. The average Bonchev–Trinajstić information content (AvgIpc) is 2.73. The van der Waals surface area contributed by atoms with Crippen LogP contribution in [0.4, 0.5) is 0 Å². The van der Waals surface area contributed by atoms with Crippen molar-refractivity contribution in [2.75, 3.05) is 31.9 Å². The van der Waals surface area contributed by atoms with Gasteiger partial charge in [0, 0.05) is 47.5 Å². The molecule has 4 rings (SSSR count). The summed E-state index contributed by atoms with van der Waals surface area (Å²) in [6, 6.07) is 12.9. The van der Waals surface area contributed by atoms with Crippen LogP contribution in [0.5, 0.6) is 0 Å². The Morgan fingerprint density at radius 1 is 1.00 bits per heavy atom.